The minimum atomic E-state index is 0.713. The van der Waals surface area contributed by atoms with Gasteiger partial charge in [-0.1, -0.05) is 17.7 Å². The van der Waals surface area contributed by atoms with Crippen molar-refractivity contribution in [1.82, 2.24) is 15.3 Å². The van der Waals surface area contributed by atoms with E-state index >= 15 is 0 Å². The van der Waals surface area contributed by atoms with Crippen LogP contribution in [0, 0.1) is 0 Å². The van der Waals surface area contributed by atoms with E-state index in [0.717, 1.165) is 16.5 Å². The minimum absolute atomic E-state index is 0.713. The zero-order valence-electron chi connectivity index (χ0n) is 10.3. The number of hydrogen-bond donors (Lipinski definition) is 1. The van der Waals surface area contributed by atoms with Crippen LogP contribution in [-0.4, -0.2) is 16.0 Å². The highest BCUT2D eigenvalue weighted by molar-refractivity contribution is 7.99. The van der Waals surface area contributed by atoms with E-state index in [9.17, 15) is 0 Å². The molecule has 3 nitrogen and oxygen atoms in total. The van der Waals surface area contributed by atoms with Gasteiger partial charge in [-0.2, -0.15) is 0 Å². The van der Waals surface area contributed by atoms with E-state index < -0.39 is 0 Å². The smallest absolute Gasteiger partial charge is 0.192 e. The Morgan fingerprint density at radius 2 is 2.05 bits per heavy atom. The highest BCUT2D eigenvalue weighted by Crippen LogP contribution is 2.31. The third-order valence-electron chi connectivity index (χ3n) is 2.91. The Kier molecular flexibility index (Phi) is 4.01. The summed E-state index contributed by atoms with van der Waals surface area (Å²) in [5.41, 5.74) is 1.22. The second kappa shape index (κ2) is 5.90. The van der Waals surface area contributed by atoms with Gasteiger partial charge in [-0.3, -0.25) is 0 Å². The zero-order chi connectivity index (χ0) is 13.1. The van der Waals surface area contributed by atoms with Crippen LogP contribution in [0.15, 0.2) is 46.7 Å². The number of rotatable bonds is 5. The molecule has 0 atom stereocenters. The molecule has 1 aliphatic carbocycles. The first kappa shape index (κ1) is 12.9. The molecule has 3 rings (SSSR count). The van der Waals surface area contributed by atoms with Gasteiger partial charge in [0.2, 0.25) is 0 Å². The highest BCUT2D eigenvalue weighted by Gasteiger charge is 2.20. The molecule has 1 fully saturated rings. The molecule has 1 N–H and O–H groups in total. The lowest BCUT2D eigenvalue weighted by atomic mass is 10.2. The fourth-order valence-corrected chi connectivity index (χ4v) is 2.76. The van der Waals surface area contributed by atoms with Crippen LogP contribution in [0.3, 0.4) is 0 Å². The molecular weight excluding hydrogens is 278 g/mol. The summed E-state index contributed by atoms with van der Waals surface area (Å²) in [5, 5.41) is 4.95. The lowest BCUT2D eigenvalue weighted by Gasteiger charge is -2.07. The van der Waals surface area contributed by atoms with Crippen molar-refractivity contribution in [2.45, 2.75) is 35.5 Å². The van der Waals surface area contributed by atoms with E-state index in [4.69, 9.17) is 11.6 Å². The molecule has 0 saturated heterocycles. The largest absolute Gasteiger partial charge is 0.310 e. The van der Waals surface area contributed by atoms with E-state index in [-0.39, 0.29) is 0 Å². The summed E-state index contributed by atoms with van der Waals surface area (Å²) in [5.74, 6) is 0. The van der Waals surface area contributed by atoms with Crippen molar-refractivity contribution in [3.63, 3.8) is 0 Å². The fourth-order valence-electron chi connectivity index (χ4n) is 1.72. The Morgan fingerprint density at radius 3 is 2.74 bits per heavy atom. The normalized spacial score (nSPS) is 14.6. The summed E-state index contributed by atoms with van der Waals surface area (Å²) in [7, 11) is 0. The highest BCUT2D eigenvalue weighted by atomic mass is 35.5. The first-order chi connectivity index (χ1) is 9.31. The zero-order valence-corrected chi connectivity index (χ0v) is 11.9. The Balaban J connectivity index is 1.68. The molecule has 1 aliphatic rings. The van der Waals surface area contributed by atoms with E-state index in [0.29, 0.717) is 11.2 Å². The summed E-state index contributed by atoms with van der Waals surface area (Å²) < 4.78 is 0. The van der Waals surface area contributed by atoms with Crippen LogP contribution in [0.25, 0.3) is 0 Å². The standard InChI is InChI=1S/C14H14ClN3S/c15-12-8-10(9-18-11-3-4-11)2-5-13(12)19-14-16-6-1-7-17-14/h1-2,5-8,11,18H,3-4,9H2. The van der Waals surface area contributed by atoms with Gasteiger partial charge in [0.25, 0.3) is 0 Å². The van der Waals surface area contributed by atoms with Gasteiger partial charge in [0, 0.05) is 29.9 Å². The maximum Gasteiger partial charge on any atom is 0.192 e. The summed E-state index contributed by atoms with van der Waals surface area (Å²) in [6, 6.07) is 8.67. The van der Waals surface area contributed by atoms with E-state index in [1.54, 1.807) is 18.5 Å². The number of aromatic nitrogens is 2. The number of nitrogens with one attached hydrogen (secondary N) is 1. The van der Waals surface area contributed by atoms with Crippen LogP contribution in [0.2, 0.25) is 5.02 Å². The maximum absolute atomic E-state index is 6.31. The van der Waals surface area contributed by atoms with Crippen LogP contribution >= 0.6 is 23.4 Å². The van der Waals surface area contributed by atoms with Gasteiger partial charge in [0.05, 0.1) is 5.02 Å². The lowest BCUT2D eigenvalue weighted by Crippen LogP contribution is -2.15. The second-order valence-corrected chi connectivity index (χ2v) is 5.97. The van der Waals surface area contributed by atoms with Crippen LogP contribution in [0.1, 0.15) is 18.4 Å². The third kappa shape index (κ3) is 3.69. The molecule has 5 heteroatoms. The summed E-state index contributed by atoms with van der Waals surface area (Å²) in [4.78, 5) is 9.36. The Bertz CT molecular complexity index is 558. The average molecular weight is 292 g/mol. The number of hydrogen-bond acceptors (Lipinski definition) is 4. The number of nitrogens with zero attached hydrogens (tertiary/aromatic N) is 2. The predicted molar refractivity (Wildman–Crippen MR) is 77.5 cm³/mol. The van der Waals surface area contributed by atoms with E-state index in [1.807, 2.05) is 12.1 Å². The molecule has 19 heavy (non-hydrogen) atoms. The van der Waals surface area contributed by atoms with E-state index in [1.165, 1.54) is 30.2 Å². The van der Waals surface area contributed by atoms with Gasteiger partial charge in [0.15, 0.2) is 5.16 Å². The minimum Gasteiger partial charge on any atom is -0.310 e. The number of benzene rings is 1. The van der Waals surface area contributed by atoms with Crippen molar-refractivity contribution in [2.75, 3.05) is 0 Å². The molecule has 1 heterocycles. The van der Waals surface area contributed by atoms with E-state index in [2.05, 4.69) is 21.4 Å². The molecule has 1 aromatic carbocycles. The quantitative estimate of drug-likeness (QED) is 0.855. The van der Waals surface area contributed by atoms with Crippen molar-refractivity contribution in [3.05, 3.63) is 47.2 Å². The molecule has 0 amide bonds. The Labute approximate surface area is 121 Å². The van der Waals surface area contributed by atoms with Gasteiger partial charge in [-0.05, 0) is 48.4 Å². The fraction of sp³-hybridized carbons (Fsp3) is 0.286. The van der Waals surface area contributed by atoms with Gasteiger partial charge < -0.3 is 5.32 Å². The molecule has 98 valence electrons. The SMILES string of the molecule is Clc1cc(CNC2CC2)ccc1Sc1ncccn1. The summed E-state index contributed by atoms with van der Waals surface area (Å²) >= 11 is 7.79. The molecular formula is C14H14ClN3S. The topological polar surface area (TPSA) is 37.8 Å². The molecule has 2 aromatic rings. The van der Waals surface area contributed by atoms with Gasteiger partial charge in [-0.25, -0.2) is 9.97 Å². The first-order valence-electron chi connectivity index (χ1n) is 6.28. The molecule has 1 aromatic heterocycles. The van der Waals surface area contributed by atoms with Crippen LogP contribution in [0.4, 0.5) is 0 Å². The lowest BCUT2D eigenvalue weighted by molar-refractivity contribution is 0.687. The van der Waals surface area contributed by atoms with Crippen LogP contribution < -0.4 is 5.32 Å². The Hall–Kier alpha value is -1.10. The molecule has 1 saturated carbocycles. The monoisotopic (exact) mass is 291 g/mol. The van der Waals surface area contributed by atoms with Crippen molar-refractivity contribution >= 4 is 23.4 Å². The van der Waals surface area contributed by atoms with Gasteiger partial charge in [-0.15, -0.1) is 0 Å². The average Bonchev–Trinajstić information content (AvgIpc) is 3.25. The molecule has 0 aliphatic heterocycles. The Morgan fingerprint density at radius 1 is 1.26 bits per heavy atom. The maximum atomic E-state index is 6.31. The van der Waals surface area contributed by atoms with Crippen LogP contribution in [0.5, 0.6) is 0 Å². The predicted octanol–water partition coefficient (Wildman–Crippen LogP) is 3.53. The van der Waals surface area contributed by atoms with Crippen molar-refractivity contribution in [1.29, 1.82) is 0 Å². The van der Waals surface area contributed by atoms with Crippen molar-refractivity contribution in [3.8, 4) is 0 Å². The molecule has 0 radical (unpaired) electrons. The molecule has 0 unspecified atom stereocenters. The van der Waals surface area contributed by atoms with Gasteiger partial charge >= 0.3 is 0 Å². The number of halogens is 1. The van der Waals surface area contributed by atoms with Gasteiger partial charge in [0.1, 0.15) is 0 Å². The second-order valence-electron chi connectivity index (χ2n) is 4.55. The summed E-state index contributed by atoms with van der Waals surface area (Å²) in [6.45, 7) is 0.886. The molecule has 0 bridgehead atoms. The molecule has 0 spiro atoms. The third-order valence-corrected chi connectivity index (χ3v) is 4.31. The van der Waals surface area contributed by atoms with Crippen molar-refractivity contribution < 1.29 is 0 Å². The summed E-state index contributed by atoms with van der Waals surface area (Å²) in [6.07, 6.45) is 6.06. The van der Waals surface area contributed by atoms with Crippen molar-refractivity contribution in [2.24, 2.45) is 0 Å². The van der Waals surface area contributed by atoms with Crippen LogP contribution in [-0.2, 0) is 6.54 Å². The first-order valence-corrected chi connectivity index (χ1v) is 7.47.